The molecule has 4 rings (SSSR count). The minimum atomic E-state index is -0.118. The minimum absolute atomic E-state index is 0.0682. The van der Waals surface area contributed by atoms with Crippen LogP contribution in [0.1, 0.15) is 34.8 Å². The highest BCUT2D eigenvalue weighted by Gasteiger charge is 2.27. The van der Waals surface area contributed by atoms with E-state index in [0.717, 1.165) is 41.0 Å². The fourth-order valence-corrected chi connectivity index (χ4v) is 5.28. The summed E-state index contributed by atoms with van der Waals surface area (Å²) in [7, 11) is 2.13. The smallest absolute Gasteiger partial charge is 0.263 e. The third kappa shape index (κ3) is 2.90. The molecule has 0 radical (unpaired) electrons. The van der Waals surface area contributed by atoms with Crippen LogP contribution in [0, 0.1) is 0 Å². The molecule has 3 aromatic rings. The van der Waals surface area contributed by atoms with Crippen LogP contribution in [0.3, 0.4) is 0 Å². The van der Waals surface area contributed by atoms with Gasteiger partial charge in [0.1, 0.15) is 9.71 Å². The van der Waals surface area contributed by atoms with Gasteiger partial charge in [-0.15, -0.1) is 22.7 Å². The molecule has 0 atom stereocenters. The molecule has 0 saturated carbocycles. The second-order valence-electron chi connectivity index (χ2n) is 7.03. The molecule has 3 aromatic heterocycles. The van der Waals surface area contributed by atoms with Crippen molar-refractivity contribution in [2.24, 2.45) is 0 Å². The third-order valence-electron chi connectivity index (χ3n) is 4.62. The van der Waals surface area contributed by atoms with E-state index < -0.39 is 0 Å². The van der Waals surface area contributed by atoms with Crippen LogP contribution in [0.15, 0.2) is 17.5 Å². The highest BCUT2D eigenvalue weighted by molar-refractivity contribution is 7.21. The van der Waals surface area contributed by atoms with Gasteiger partial charge in [0.05, 0.1) is 5.69 Å². The van der Waals surface area contributed by atoms with Crippen LogP contribution >= 0.6 is 22.7 Å². The second kappa shape index (κ2) is 6.64. The maximum atomic E-state index is 12.6. The zero-order valence-electron chi connectivity index (χ0n) is 15.1. The summed E-state index contributed by atoms with van der Waals surface area (Å²) in [6.45, 7) is 5.75. The van der Waals surface area contributed by atoms with Crippen LogP contribution < -0.4 is 11.1 Å². The average molecular weight is 387 g/mol. The molecule has 0 bridgehead atoms. The number of hydrogen-bond acceptors (Lipinski definition) is 6. The van der Waals surface area contributed by atoms with Gasteiger partial charge >= 0.3 is 0 Å². The zero-order chi connectivity index (χ0) is 18.4. The summed E-state index contributed by atoms with van der Waals surface area (Å²) in [5.41, 5.74) is 10.6. The van der Waals surface area contributed by atoms with Crippen LogP contribution in [-0.2, 0) is 13.0 Å². The van der Waals surface area contributed by atoms with E-state index >= 15 is 0 Å². The number of aromatic nitrogens is 1. The highest BCUT2D eigenvalue weighted by atomic mass is 32.1. The van der Waals surface area contributed by atoms with E-state index in [1.165, 1.54) is 21.8 Å². The lowest BCUT2D eigenvalue weighted by Gasteiger charge is -2.26. The number of thiophene rings is 2. The summed E-state index contributed by atoms with van der Waals surface area (Å²) < 4.78 is 0. The van der Waals surface area contributed by atoms with Crippen LogP contribution in [0.25, 0.3) is 20.7 Å². The van der Waals surface area contributed by atoms with Crippen molar-refractivity contribution in [3.63, 3.8) is 0 Å². The lowest BCUT2D eigenvalue weighted by molar-refractivity contribution is 0.0948. The van der Waals surface area contributed by atoms with Gasteiger partial charge in [0, 0.05) is 47.1 Å². The Morgan fingerprint density at radius 3 is 2.92 bits per heavy atom. The van der Waals surface area contributed by atoms with Crippen LogP contribution in [0.5, 0.6) is 0 Å². The number of likely N-dealkylation sites (N-methyl/N-ethyl adjacent to an activating group) is 1. The summed E-state index contributed by atoms with van der Waals surface area (Å²) in [5, 5.41) is 5.96. The number of carbonyl (C=O) groups is 1. The molecule has 3 N–H and O–H groups in total. The normalized spacial score (nSPS) is 14.8. The molecule has 0 aromatic carbocycles. The number of nitrogens with two attached hydrogens (primary N) is 1. The third-order valence-corrected chi connectivity index (χ3v) is 6.60. The molecular formula is C19H22N4OS2. The Balaban J connectivity index is 1.99. The molecule has 26 heavy (non-hydrogen) atoms. The van der Waals surface area contributed by atoms with Crippen molar-refractivity contribution in [1.82, 2.24) is 15.2 Å². The monoisotopic (exact) mass is 386 g/mol. The Kier molecular flexibility index (Phi) is 4.46. The first-order valence-corrected chi connectivity index (χ1v) is 10.4. The predicted octanol–water partition coefficient (Wildman–Crippen LogP) is 3.73. The highest BCUT2D eigenvalue weighted by Crippen LogP contribution is 2.44. The molecule has 5 nitrogen and oxygen atoms in total. The minimum Gasteiger partial charge on any atom is -0.397 e. The number of amides is 1. The fourth-order valence-electron chi connectivity index (χ4n) is 3.45. The van der Waals surface area contributed by atoms with Gasteiger partial charge in [-0.05, 0) is 37.9 Å². The van der Waals surface area contributed by atoms with E-state index in [9.17, 15) is 4.79 Å². The van der Waals surface area contributed by atoms with Crippen molar-refractivity contribution in [1.29, 1.82) is 0 Å². The van der Waals surface area contributed by atoms with Crippen LogP contribution in [0.2, 0.25) is 0 Å². The predicted molar refractivity (Wildman–Crippen MR) is 110 cm³/mol. The van der Waals surface area contributed by atoms with Gasteiger partial charge in [-0.2, -0.15) is 0 Å². The maximum Gasteiger partial charge on any atom is 0.263 e. The topological polar surface area (TPSA) is 71.2 Å². The Labute approximate surface area is 160 Å². The lowest BCUT2D eigenvalue weighted by Crippen LogP contribution is -2.29. The van der Waals surface area contributed by atoms with Crippen LogP contribution in [0.4, 0.5) is 5.69 Å². The Morgan fingerprint density at radius 1 is 1.42 bits per heavy atom. The van der Waals surface area contributed by atoms with E-state index in [-0.39, 0.29) is 11.9 Å². The van der Waals surface area contributed by atoms with Gasteiger partial charge in [0.25, 0.3) is 5.91 Å². The number of rotatable bonds is 3. The second-order valence-corrected chi connectivity index (χ2v) is 8.98. The molecule has 0 unspecified atom stereocenters. The SMILES string of the molecule is CC(C)NC(=O)c1sc2nc3c(c(-c4cccs4)c2c1N)CN(C)CC3. The molecule has 1 amide bonds. The quantitative estimate of drug-likeness (QED) is 0.719. The summed E-state index contributed by atoms with van der Waals surface area (Å²) >= 11 is 3.11. The van der Waals surface area contributed by atoms with Gasteiger partial charge in [-0.25, -0.2) is 4.98 Å². The number of nitrogen functional groups attached to an aromatic ring is 1. The zero-order valence-corrected chi connectivity index (χ0v) is 16.8. The van der Waals surface area contributed by atoms with Crippen molar-refractivity contribution < 1.29 is 4.79 Å². The number of carbonyl (C=O) groups excluding carboxylic acids is 1. The van der Waals surface area contributed by atoms with Crippen molar-refractivity contribution in [2.75, 3.05) is 19.3 Å². The molecule has 0 fully saturated rings. The summed E-state index contributed by atoms with van der Waals surface area (Å²) in [6.07, 6.45) is 0.922. The molecule has 7 heteroatoms. The standard InChI is InChI=1S/C19H22N4OS2/c1-10(2)21-18(24)17-16(20)15-14(13-5-4-8-25-13)11-9-23(3)7-6-12(11)22-19(15)26-17/h4-5,8,10H,6-7,9,20H2,1-3H3,(H,21,24). The van der Waals surface area contributed by atoms with E-state index in [0.29, 0.717) is 10.6 Å². The molecule has 1 aliphatic heterocycles. The molecule has 1 aliphatic rings. The summed E-state index contributed by atoms with van der Waals surface area (Å²) in [6, 6.07) is 4.25. The largest absolute Gasteiger partial charge is 0.397 e. The first-order chi connectivity index (χ1) is 12.5. The van der Waals surface area contributed by atoms with Crippen molar-refractivity contribution >= 4 is 44.5 Å². The number of fused-ring (bicyclic) bond motifs is 2. The average Bonchev–Trinajstić information content (AvgIpc) is 3.21. The molecule has 0 aliphatic carbocycles. The van der Waals surface area contributed by atoms with Crippen molar-refractivity contribution in [3.8, 4) is 10.4 Å². The van der Waals surface area contributed by atoms with E-state index in [2.05, 4.69) is 34.8 Å². The van der Waals surface area contributed by atoms with Gasteiger partial charge in [0.2, 0.25) is 0 Å². The van der Waals surface area contributed by atoms with Crippen molar-refractivity contribution in [3.05, 3.63) is 33.6 Å². The Bertz CT molecular complexity index is 975. The van der Waals surface area contributed by atoms with E-state index in [1.54, 1.807) is 11.3 Å². The summed E-state index contributed by atoms with van der Waals surface area (Å²) in [5.74, 6) is -0.118. The number of nitrogens with zero attached hydrogens (tertiary/aromatic N) is 2. The van der Waals surface area contributed by atoms with Crippen molar-refractivity contribution in [2.45, 2.75) is 32.9 Å². The molecule has 0 spiro atoms. The molecule has 4 heterocycles. The number of nitrogens with one attached hydrogen (secondary N) is 1. The first kappa shape index (κ1) is 17.5. The molecule has 0 saturated heterocycles. The number of pyridine rings is 1. The Hall–Kier alpha value is -1.96. The molecule has 136 valence electrons. The fraction of sp³-hybridized carbons (Fsp3) is 0.368. The van der Waals surface area contributed by atoms with Gasteiger partial charge in [-0.3, -0.25) is 4.79 Å². The number of anilines is 1. The van der Waals surface area contributed by atoms with Crippen LogP contribution in [-0.4, -0.2) is 35.4 Å². The number of hydrogen-bond donors (Lipinski definition) is 2. The Morgan fingerprint density at radius 2 is 2.23 bits per heavy atom. The van der Waals surface area contributed by atoms with Gasteiger partial charge in [-0.1, -0.05) is 6.07 Å². The van der Waals surface area contributed by atoms with Gasteiger partial charge < -0.3 is 16.0 Å². The van der Waals surface area contributed by atoms with E-state index in [1.807, 2.05) is 13.8 Å². The van der Waals surface area contributed by atoms with E-state index in [4.69, 9.17) is 10.7 Å². The van der Waals surface area contributed by atoms with Gasteiger partial charge in [0.15, 0.2) is 0 Å². The summed E-state index contributed by atoms with van der Waals surface area (Å²) in [4.78, 5) is 22.4. The maximum absolute atomic E-state index is 12.6. The lowest BCUT2D eigenvalue weighted by atomic mass is 9.96. The molecular weight excluding hydrogens is 364 g/mol. The first-order valence-electron chi connectivity index (χ1n) is 8.72.